The van der Waals surface area contributed by atoms with E-state index in [2.05, 4.69) is 19.7 Å². The lowest BCUT2D eigenvalue weighted by atomic mass is 10.3. The van der Waals surface area contributed by atoms with Crippen molar-refractivity contribution in [2.45, 2.75) is 17.4 Å². The average molecular weight is 335 g/mol. The minimum Gasteiger partial charge on any atom is -0.478 e. The van der Waals surface area contributed by atoms with E-state index >= 15 is 0 Å². The van der Waals surface area contributed by atoms with Gasteiger partial charge in [0.15, 0.2) is 5.82 Å². The van der Waals surface area contributed by atoms with Crippen molar-refractivity contribution in [3.8, 4) is 5.88 Å². The molecular formula is C14H17N5O3S. The molecule has 0 unspecified atom stereocenters. The third kappa shape index (κ3) is 3.40. The molecule has 2 aromatic rings. The molecule has 0 amide bonds. The predicted octanol–water partition coefficient (Wildman–Crippen LogP) is 0.437. The van der Waals surface area contributed by atoms with Gasteiger partial charge in [0.05, 0.1) is 7.11 Å². The second-order valence-corrected chi connectivity index (χ2v) is 6.84. The molecule has 0 saturated carbocycles. The number of anilines is 1. The molecule has 2 aromatic heterocycles. The van der Waals surface area contributed by atoms with Crippen molar-refractivity contribution in [2.75, 3.05) is 25.1 Å². The van der Waals surface area contributed by atoms with Crippen LogP contribution in [-0.4, -0.2) is 49.6 Å². The van der Waals surface area contributed by atoms with E-state index in [4.69, 9.17) is 4.74 Å². The minimum absolute atomic E-state index is 0.163. The van der Waals surface area contributed by atoms with Crippen LogP contribution >= 0.6 is 0 Å². The van der Waals surface area contributed by atoms with E-state index in [1.54, 1.807) is 18.5 Å². The number of nitrogens with zero attached hydrogens (tertiary/aromatic N) is 4. The molecule has 1 atom stereocenters. The van der Waals surface area contributed by atoms with E-state index in [1.807, 2.05) is 4.90 Å². The molecule has 0 radical (unpaired) electrons. The maximum atomic E-state index is 12.3. The van der Waals surface area contributed by atoms with Crippen LogP contribution in [0.4, 0.5) is 5.82 Å². The van der Waals surface area contributed by atoms with Crippen LogP contribution in [0.25, 0.3) is 0 Å². The summed E-state index contributed by atoms with van der Waals surface area (Å²) in [5, 5.41) is 0. The molecule has 1 aliphatic rings. The summed E-state index contributed by atoms with van der Waals surface area (Å²) in [5.41, 5.74) is 0. The molecule has 9 heteroatoms. The average Bonchev–Trinajstić information content (AvgIpc) is 3.03. The van der Waals surface area contributed by atoms with Crippen molar-refractivity contribution in [2.24, 2.45) is 0 Å². The van der Waals surface area contributed by atoms with Crippen LogP contribution in [0.5, 0.6) is 5.88 Å². The molecule has 1 aliphatic heterocycles. The fourth-order valence-electron chi connectivity index (χ4n) is 2.52. The number of nitrogens with one attached hydrogen (secondary N) is 1. The van der Waals surface area contributed by atoms with Crippen LogP contribution in [0.15, 0.2) is 41.8 Å². The quantitative estimate of drug-likeness (QED) is 0.846. The Morgan fingerprint density at radius 2 is 2.13 bits per heavy atom. The number of methoxy groups -OCH3 is 1. The Morgan fingerprint density at radius 1 is 1.30 bits per heavy atom. The third-order valence-electron chi connectivity index (χ3n) is 3.59. The number of hydrogen-bond acceptors (Lipinski definition) is 7. The van der Waals surface area contributed by atoms with Crippen molar-refractivity contribution in [3.63, 3.8) is 0 Å². The monoisotopic (exact) mass is 335 g/mol. The summed E-state index contributed by atoms with van der Waals surface area (Å²) < 4.78 is 32.6. The summed E-state index contributed by atoms with van der Waals surface area (Å²) in [5.74, 6) is 1.06. The second-order valence-electron chi connectivity index (χ2n) is 5.13. The zero-order chi connectivity index (χ0) is 16.3. The SMILES string of the molecule is COc1nccnc1N1CC[C@@H](NS(=O)(=O)c2cccnc2)C1. The van der Waals surface area contributed by atoms with Gasteiger partial charge in [0.2, 0.25) is 10.0 Å². The Morgan fingerprint density at radius 3 is 2.87 bits per heavy atom. The van der Waals surface area contributed by atoms with Crippen molar-refractivity contribution in [3.05, 3.63) is 36.9 Å². The van der Waals surface area contributed by atoms with E-state index in [9.17, 15) is 8.42 Å². The lowest BCUT2D eigenvalue weighted by Gasteiger charge is -2.19. The first kappa shape index (κ1) is 15.6. The van der Waals surface area contributed by atoms with Gasteiger partial charge >= 0.3 is 0 Å². The highest BCUT2D eigenvalue weighted by Gasteiger charge is 2.29. The maximum Gasteiger partial charge on any atom is 0.257 e. The summed E-state index contributed by atoms with van der Waals surface area (Å²) in [6.45, 7) is 1.18. The molecule has 3 heterocycles. The Bertz CT molecular complexity index is 769. The van der Waals surface area contributed by atoms with E-state index in [1.165, 1.54) is 25.6 Å². The molecule has 0 bridgehead atoms. The molecular weight excluding hydrogens is 318 g/mol. The van der Waals surface area contributed by atoms with Gasteiger partial charge in [0.1, 0.15) is 4.90 Å². The highest BCUT2D eigenvalue weighted by molar-refractivity contribution is 7.89. The van der Waals surface area contributed by atoms with Gasteiger partial charge in [-0.2, -0.15) is 0 Å². The fourth-order valence-corrected chi connectivity index (χ4v) is 3.75. The molecule has 0 spiro atoms. The van der Waals surface area contributed by atoms with Crippen LogP contribution in [0.2, 0.25) is 0 Å². The van der Waals surface area contributed by atoms with Crippen molar-refractivity contribution in [1.82, 2.24) is 19.7 Å². The Hall–Kier alpha value is -2.26. The van der Waals surface area contributed by atoms with E-state index in [0.717, 1.165) is 0 Å². The number of hydrogen-bond donors (Lipinski definition) is 1. The van der Waals surface area contributed by atoms with Gasteiger partial charge in [0, 0.05) is 43.9 Å². The first-order valence-electron chi connectivity index (χ1n) is 7.12. The molecule has 3 rings (SSSR count). The number of aromatic nitrogens is 3. The van der Waals surface area contributed by atoms with Gasteiger partial charge in [-0.1, -0.05) is 0 Å². The largest absolute Gasteiger partial charge is 0.478 e. The topological polar surface area (TPSA) is 97.3 Å². The van der Waals surface area contributed by atoms with Crippen molar-refractivity contribution < 1.29 is 13.2 Å². The van der Waals surface area contributed by atoms with Gasteiger partial charge < -0.3 is 9.64 Å². The minimum atomic E-state index is -3.57. The number of ether oxygens (including phenoxy) is 1. The van der Waals surface area contributed by atoms with Crippen LogP contribution in [0.3, 0.4) is 0 Å². The van der Waals surface area contributed by atoms with Gasteiger partial charge in [-0.3, -0.25) is 4.98 Å². The molecule has 23 heavy (non-hydrogen) atoms. The third-order valence-corrected chi connectivity index (χ3v) is 5.10. The lowest BCUT2D eigenvalue weighted by Crippen LogP contribution is -2.37. The van der Waals surface area contributed by atoms with Gasteiger partial charge in [-0.25, -0.2) is 23.1 Å². The Balaban J connectivity index is 1.71. The summed E-state index contributed by atoms with van der Waals surface area (Å²) in [6.07, 6.45) is 6.70. The first-order chi connectivity index (χ1) is 11.1. The summed E-state index contributed by atoms with van der Waals surface area (Å²) in [7, 11) is -2.04. The zero-order valence-corrected chi connectivity index (χ0v) is 13.4. The summed E-state index contributed by atoms with van der Waals surface area (Å²) >= 11 is 0. The summed E-state index contributed by atoms with van der Waals surface area (Å²) in [6, 6.07) is 2.92. The van der Waals surface area contributed by atoms with Crippen molar-refractivity contribution in [1.29, 1.82) is 0 Å². The summed E-state index contributed by atoms with van der Waals surface area (Å²) in [4.78, 5) is 14.4. The Labute approximate surface area is 134 Å². The zero-order valence-electron chi connectivity index (χ0n) is 12.6. The lowest BCUT2D eigenvalue weighted by molar-refractivity contribution is 0.396. The van der Waals surface area contributed by atoms with Gasteiger partial charge in [0.25, 0.3) is 5.88 Å². The fraction of sp³-hybridized carbons (Fsp3) is 0.357. The normalized spacial score (nSPS) is 18.1. The first-order valence-corrected chi connectivity index (χ1v) is 8.61. The maximum absolute atomic E-state index is 12.3. The van der Waals surface area contributed by atoms with Crippen LogP contribution in [0.1, 0.15) is 6.42 Å². The number of rotatable bonds is 5. The molecule has 122 valence electrons. The van der Waals surface area contributed by atoms with Gasteiger partial charge in [-0.05, 0) is 18.6 Å². The van der Waals surface area contributed by atoms with Crippen LogP contribution < -0.4 is 14.4 Å². The van der Waals surface area contributed by atoms with Gasteiger partial charge in [-0.15, -0.1) is 0 Å². The molecule has 0 aromatic carbocycles. The molecule has 8 nitrogen and oxygen atoms in total. The smallest absolute Gasteiger partial charge is 0.257 e. The highest BCUT2D eigenvalue weighted by atomic mass is 32.2. The van der Waals surface area contributed by atoms with Crippen molar-refractivity contribution >= 4 is 15.8 Å². The molecule has 1 fully saturated rings. The van der Waals surface area contributed by atoms with E-state index < -0.39 is 10.0 Å². The second kappa shape index (κ2) is 6.47. The van der Waals surface area contributed by atoms with E-state index in [0.29, 0.717) is 31.2 Å². The highest BCUT2D eigenvalue weighted by Crippen LogP contribution is 2.26. The van der Waals surface area contributed by atoms with Crippen LogP contribution in [-0.2, 0) is 10.0 Å². The number of pyridine rings is 1. The standard InChI is InChI=1S/C14H17N5O3S/c1-22-14-13(16-6-7-17-14)19-8-4-11(10-19)18-23(20,21)12-3-2-5-15-9-12/h2-3,5-7,9,11,18H,4,8,10H2,1H3/t11-/m1/s1. The number of sulfonamides is 1. The molecule has 1 saturated heterocycles. The molecule has 1 N–H and O–H groups in total. The molecule has 0 aliphatic carbocycles. The van der Waals surface area contributed by atoms with Crippen LogP contribution in [0, 0.1) is 0 Å². The Kier molecular flexibility index (Phi) is 4.39. The van der Waals surface area contributed by atoms with E-state index in [-0.39, 0.29) is 10.9 Å². The predicted molar refractivity (Wildman–Crippen MR) is 83.8 cm³/mol.